The number of amides is 3. The molecule has 0 radical (unpaired) electrons. The van der Waals surface area contributed by atoms with Crippen molar-refractivity contribution in [1.29, 1.82) is 0 Å². The molecule has 0 saturated carbocycles. The van der Waals surface area contributed by atoms with E-state index in [4.69, 9.17) is 16.3 Å². The molecule has 0 unspecified atom stereocenters. The summed E-state index contributed by atoms with van der Waals surface area (Å²) in [6.07, 6.45) is 0.0478. The van der Waals surface area contributed by atoms with Gasteiger partial charge in [0, 0.05) is 35.5 Å². The van der Waals surface area contributed by atoms with Crippen LogP contribution in [0.3, 0.4) is 0 Å². The number of esters is 1. The number of ether oxygens (including phenoxy) is 1. The van der Waals surface area contributed by atoms with Gasteiger partial charge in [0.2, 0.25) is 17.7 Å². The fourth-order valence-electron chi connectivity index (χ4n) is 7.53. The van der Waals surface area contributed by atoms with Crippen molar-refractivity contribution in [3.63, 3.8) is 0 Å². The Labute approximate surface area is 252 Å². The number of hydrogen-bond donors (Lipinski definition) is 0. The molecule has 8 heteroatoms. The molecule has 9 rings (SSSR count). The number of benzene rings is 4. The first-order valence-electron chi connectivity index (χ1n) is 14.3. The predicted molar refractivity (Wildman–Crippen MR) is 160 cm³/mol. The molecule has 3 atom stereocenters. The van der Waals surface area contributed by atoms with Gasteiger partial charge in [-0.25, -0.2) is 4.90 Å². The standard InChI is InChI=1S/C35H25ClN2O5/c36-20-9-11-21(12-10-20)37-18-19(17-28(37)39)35(42)43-23-15-13-22(14-16-23)38-33(40)31-29-24-5-1-2-6-25(24)30(32(31)34(38)41)27-8-4-3-7-26(27)29/h1-16,19,29-32H,17-18H2/t19-,29?,30?,31-,32+/m1/s1. The smallest absolute Gasteiger partial charge is 0.316 e. The third-order valence-electron chi connectivity index (χ3n) is 9.36. The van der Waals surface area contributed by atoms with Crippen LogP contribution in [-0.4, -0.2) is 30.2 Å². The zero-order valence-electron chi connectivity index (χ0n) is 22.9. The van der Waals surface area contributed by atoms with Crippen molar-refractivity contribution < 1.29 is 23.9 Å². The Morgan fingerprint density at radius 3 is 1.67 bits per heavy atom. The van der Waals surface area contributed by atoms with Crippen LogP contribution in [0.15, 0.2) is 97.1 Å². The van der Waals surface area contributed by atoms with Gasteiger partial charge in [0.05, 0.1) is 23.4 Å². The molecule has 0 spiro atoms. The third-order valence-corrected chi connectivity index (χ3v) is 9.61. The summed E-state index contributed by atoms with van der Waals surface area (Å²) in [7, 11) is 0. The topological polar surface area (TPSA) is 84.0 Å². The molecule has 5 aliphatic rings. The summed E-state index contributed by atoms with van der Waals surface area (Å²) >= 11 is 5.96. The molecule has 2 heterocycles. The summed E-state index contributed by atoms with van der Waals surface area (Å²) in [5, 5.41) is 0.563. The van der Waals surface area contributed by atoms with Crippen molar-refractivity contribution in [3.05, 3.63) is 124 Å². The molecule has 0 N–H and O–H groups in total. The maximum absolute atomic E-state index is 14.0. The van der Waals surface area contributed by atoms with Crippen LogP contribution in [0.5, 0.6) is 5.75 Å². The average molecular weight is 589 g/mol. The van der Waals surface area contributed by atoms with Gasteiger partial charge >= 0.3 is 5.97 Å². The minimum atomic E-state index is -0.619. The van der Waals surface area contributed by atoms with Gasteiger partial charge in [0.15, 0.2) is 0 Å². The molecule has 3 amide bonds. The highest BCUT2D eigenvalue weighted by atomic mass is 35.5. The SMILES string of the molecule is O=C(Oc1ccc(N2C(=O)[C@@H]3C4c5ccccc5C(c5ccccc54)[C@@H]3C2=O)cc1)[C@@H]1CC(=O)N(c2ccc(Cl)cc2)C1. The van der Waals surface area contributed by atoms with Crippen molar-refractivity contribution in [3.8, 4) is 5.75 Å². The van der Waals surface area contributed by atoms with E-state index in [-0.39, 0.29) is 48.3 Å². The van der Waals surface area contributed by atoms with E-state index in [2.05, 4.69) is 24.3 Å². The van der Waals surface area contributed by atoms with Crippen LogP contribution in [-0.2, 0) is 19.2 Å². The van der Waals surface area contributed by atoms with Crippen molar-refractivity contribution in [2.24, 2.45) is 17.8 Å². The van der Waals surface area contributed by atoms with E-state index in [1.807, 2.05) is 24.3 Å². The molecular weight excluding hydrogens is 564 g/mol. The van der Waals surface area contributed by atoms with Crippen LogP contribution in [0.4, 0.5) is 11.4 Å². The van der Waals surface area contributed by atoms with Crippen molar-refractivity contribution in [1.82, 2.24) is 0 Å². The Hall–Kier alpha value is -4.75. The fraction of sp³-hybridized carbons (Fsp3) is 0.200. The van der Waals surface area contributed by atoms with Gasteiger partial charge < -0.3 is 9.64 Å². The average Bonchev–Trinajstić information content (AvgIpc) is 3.55. The molecule has 212 valence electrons. The summed E-state index contributed by atoms with van der Waals surface area (Å²) < 4.78 is 5.62. The number of halogens is 1. The van der Waals surface area contributed by atoms with E-state index in [1.54, 1.807) is 53.4 Å². The van der Waals surface area contributed by atoms with E-state index in [0.29, 0.717) is 16.4 Å². The lowest BCUT2D eigenvalue weighted by molar-refractivity contribution is -0.139. The van der Waals surface area contributed by atoms with Crippen LogP contribution < -0.4 is 14.5 Å². The highest BCUT2D eigenvalue weighted by molar-refractivity contribution is 6.30. The maximum atomic E-state index is 14.0. The van der Waals surface area contributed by atoms with Gasteiger partial charge in [-0.15, -0.1) is 0 Å². The van der Waals surface area contributed by atoms with E-state index >= 15 is 0 Å². The molecule has 4 aromatic carbocycles. The third kappa shape index (κ3) is 3.88. The molecule has 0 aromatic heterocycles. The van der Waals surface area contributed by atoms with Gasteiger partial charge in [0.1, 0.15) is 5.75 Å². The summed E-state index contributed by atoms with van der Waals surface area (Å²) in [6.45, 7) is 0.212. The summed E-state index contributed by atoms with van der Waals surface area (Å²) in [5.74, 6) is -2.71. The minimum absolute atomic E-state index is 0.0478. The molecule has 7 nitrogen and oxygen atoms in total. The van der Waals surface area contributed by atoms with Gasteiger partial charge in [0.25, 0.3) is 0 Å². The second kappa shape index (κ2) is 9.64. The molecule has 2 bridgehead atoms. The van der Waals surface area contributed by atoms with Crippen LogP contribution >= 0.6 is 11.6 Å². The summed E-state index contributed by atoms with van der Waals surface area (Å²) in [5.41, 5.74) is 5.61. The number of anilines is 2. The molecule has 2 aliphatic heterocycles. The molecule has 2 fully saturated rings. The number of imide groups is 1. The van der Waals surface area contributed by atoms with Crippen LogP contribution in [0.2, 0.25) is 5.02 Å². The molecule has 4 aromatic rings. The summed E-state index contributed by atoms with van der Waals surface area (Å²) in [6, 6.07) is 29.6. The highest BCUT2D eigenvalue weighted by Gasteiger charge is 2.61. The number of carbonyl (C=O) groups excluding carboxylic acids is 4. The lowest BCUT2D eigenvalue weighted by Crippen LogP contribution is -2.41. The Bertz CT molecular complexity index is 1720. The largest absolute Gasteiger partial charge is 0.426 e. The first-order chi connectivity index (χ1) is 20.9. The fourth-order valence-corrected chi connectivity index (χ4v) is 7.66. The Kier molecular flexibility index (Phi) is 5.81. The maximum Gasteiger partial charge on any atom is 0.316 e. The number of nitrogens with zero attached hydrogens (tertiary/aromatic N) is 2. The van der Waals surface area contributed by atoms with E-state index in [9.17, 15) is 19.2 Å². The van der Waals surface area contributed by atoms with Crippen LogP contribution in [0, 0.1) is 17.8 Å². The first kappa shape index (κ1) is 25.9. The second-order valence-corrected chi connectivity index (χ2v) is 12.0. The number of hydrogen-bond acceptors (Lipinski definition) is 5. The van der Waals surface area contributed by atoms with E-state index in [1.165, 1.54) is 4.90 Å². The van der Waals surface area contributed by atoms with E-state index in [0.717, 1.165) is 22.3 Å². The highest BCUT2D eigenvalue weighted by Crippen LogP contribution is 2.61. The van der Waals surface area contributed by atoms with Crippen molar-refractivity contribution in [2.45, 2.75) is 18.3 Å². The van der Waals surface area contributed by atoms with E-state index < -0.39 is 23.7 Å². The number of carbonyl (C=O) groups is 4. The monoisotopic (exact) mass is 588 g/mol. The lowest BCUT2D eigenvalue weighted by atomic mass is 9.55. The number of rotatable bonds is 4. The Balaban J connectivity index is 1.02. The van der Waals surface area contributed by atoms with Gasteiger partial charge in [-0.3, -0.25) is 19.2 Å². The quantitative estimate of drug-likeness (QED) is 0.174. The normalized spacial score (nSPS) is 25.0. The van der Waals surface area contributed by atoms with Crippen molar-refractivity contribution >= 4 is 46.7 Å². The Morgan fingerprint density at radius 1 is 0.674 bits per heavy atom. The molecular formula is C35H25ClN2O5. The molecule has 43 heavy (non-hydrogen) atoms. The second-order valence-electron chi connectivity index (χ2n) is 11.6. The predicted octanol–water partition coefficient (Wildman–Crippen LogP) is 5.70. The lowest BCUT2D eigenvalue weighted by Gasteiger charge is -2.45. The molecule has 3 aliphatic carbocycles. The van der Waals surface area contributed by atoms with Crippen LogP contribution in [0.25, 0.3) is 0 Å². The summed E-state index contributed by atoms with van der Waals surface area (Å²) in [4.78, 5) is 56.4. The van der Waals surface area contributed by atoms with Gasteiger partial charge in [-0.1, -0.05) is 60.1 Å². The minimum Gasteiger partial charge on any atom is -0.426 e. The zero-order valence-corrected chi connectivity index (χ0v) is 23.6. The molecule has 2 saturated heterocycles. The van der Waals surface area contributed by atoms with Crippen LogP contribution in [0.1, 0.15) is 40.5 Å². The van der Waals surface area contributed by atoms with Crippen molar-refractivity contribution in [2.75, 3.05) is 16.3 Å². The van der Waals surface area contributed by atoms with Gasteiger partial charge in [-0.2, -0.15) is 0 Å². The Morgan fingerprint density at radius 2 is 1.16 bits per heavy atom. The zero-order chi connectivity index (χ0) is 29.4. The van der Waals surface area contributed by atoms with Gasteiger partial charge in [-0.05, 0) is 70.8 Å². The first-order valence-corrected chi connectivity index (χ1v) is 14.7.